The zero-order chi connectivity index (χ0) is 15.7. The van der Waals surface area contributed by atoms with Crippen molar-refractivity contribution in [2.45, 2.75) is 44.6 Å². The van der Waals surface area contributed by atoms with Crippen molar-refractivity contribution in [2.24, 2.45) is 5.92 Å². The van der Waals surface area contributed by atoms with Crippen LogP contribution in [0, 0.1) is 5.92 Å². The van der Waals surface area contributed by atoms with Gasteiger partial charge in [-0.1, -0.05) is 18.9 Å². The minimum Gasteiger partial charge on any atom is -0.465 e. The van der Waals surface area contributed by atoms with E-state index in [-0.39, 0.29) is 23.8 Å². The van der Waals surface area contributed by atoms with E-state index in [2.05, 4.69) is 0 Å². The number of ether oxygens (including phenoxy) is 1. The summed E-state index contributed by atoms with van der Waals surface area (Å²) in [6.07, 6.45) is 6.27. The average Bonchev–Trinajstić information content (AvgIpc) is 3.21. The highest BCUT2D eigenvalue weighted by Crippen LogP contribution is 2.38. The van der Waals surface area contributed by atoms with Crippen LogP contribution < -0.4 is 0 Å². The number of benzene rings is 1. The second-order valence-electron chi connectivity index (χ2n) is 6.39. The summed E-state index contributed by atoms with van der Waals surface area (Å²) in [5.74, 6) is 0.134. The topological polar surface area (TPSA) is 46.6 Å². The summed E-state index contributed by atoms with van der Waals surface area (Å²) in [5.41, 5.74) is 2.91. The first-order valence-electron chi connectivity index (χ1n) is 8.09. The molecule has 1 aromatic rings. The predicted molar refractivity (Wildman–Crippen MR) is 83.6 cm³/mol. The molecule has 0 unspecified atom stereocenters. The van der Waals surface area contributed by atoms with E-state index in [0.717, 1.165) is 44.1 Å². The Morgan fingerprint density at radius 1 is 1.18 bits per heavy atom. The first-order chi connectivity index (χ1) is 10.6. The van der Waals surface area contributed by atoms with Gasteiger partial charge < -0.3 is 9.64 Å². The standard InChI is InChI=1S/C18H23NO3/c1-19(17(20)13-5-3-4-6-13)16-10-9-12-7-8-14(11-15(12)16)18(21)22-2/h7-8,11,13,16H,3-6,9-10H2,1-2H3/t16-/m1/s1. The molecule has 118 valence electrons. The van der Waals surface area contributed by atoms with Crippen molar-refractivity contribution in [1.29, 1.82) is 0 Å². The van der Waals surface area contributed by atoms with Gasteiger partial charge in [-0.3, -0.25) is 4.79 Å². The van der Waals surface area contributed by atoms with Crippen LogP contribution in [0.5, 0.6) is 0 Å². The van der Waals surface area contributed by atoms with Gasteiger partial charge in [0, 0.05) is 13.0 Å². The van der Waals surface area contributed by atoms with Crippen LogP contribution in [-0.2, 0) is 16.0 Å². The van der Waals surface area contributed by atoms with Crippen LogP contribution in [0.25, 0.3) is 0 Å². The van der Waals surface area contributed by atoms with Crippen molar-refractivity contribution in [1.82, 2.24) is 4.90 Å². The smallest absolute Gasteiger partial charge is 0.337 e. The Kier molecular flexibility index (Phi) is 4.19. The van der Waals surface area contributed by atoms with Gasteiger partial charge in [0.1, 0.15) is 0 Å². The molecule has 1 atom stereocenters. The number of nitrogens with zero attached hydrogens (tertiary/aromatic N) is 1. The van der Waals surface area contributed by atoms with E-state index in [4.69, 9.17) is 4.74 Å². The van der Waals surface area contributed by atoms with Crippen LogP contribution in [0.3, 0.4) is 0 Å². The summed E-state index contributed by atoms with van der Waals surface area (Å²) in [4.78, 5) is 26.3. The number of methoxy groups -OCH3 is 1. The van der Waals surface area contributed by atoms with Gasteiger partial charge in [0.2, 0.25) is 5.91 Å². The fourth-order valence-electron chi connectivity index (χ4n) is 3.84. The molecule has 22 heavy (non-hydrogen) atoms. The second-order valence-corrected chi connectivity index (χ2v) is 6.39. The van der Waals surface area contributed by atoms with Crippen molar-refractivity contribution in [2.75, 3.05) is 14.2 Å². The Morgan fingerprint density at radius 3 is 2.59 bits per heavy atom. The molecule has 1 aromatic carbocycles. The number of hydrogen-bond acceptors (Lipinski definition) is 3. The molecule has 4 nitrogen and oxygen atoms in total. The van der Waals surface area contributed by atoms with E-state index >= 15 is 0 Å². The van der Waals surface area contributed by atoms with E-state index in [9.17, 15) is 9.59 Å². The number of rotatable bonds is 3. The maximum Gasteiger partial charge on any atom is 0.337 e. The van der Waals surface area contributed by atoms with Crippen LogP contribution in [0.4, 0.5) is 0 Å². The van der Waals surface area contributed by atoms with Gasteiger partial charge in [-0.25, -0.2) is 4.79 Å². The molecular formula is C18H23NO3. The Hall–Kier alpha value is -1.84. The van der Waals surface area contributed by atoms with E-state index in [1.165, 1.54) is 12.7 Å². The Bertz CT molecular complexity index is 590. The Morgan fingerprint density at radius 2 is 1.91 bits per heavy atom. The third-order valence-electron chi connectivity index (χ3n) is 5.13. The molecule has 0 radical (unpaired) electrons. The number of hydrogen-bond donors (Lipinski definition) is 0. The van der Waals surface area contributed by atoms with Gasteiger partial charge in [0.05, 0.1) is 18.7 Å². The van der Waals surface area contributed by atoms with E-state index in [0.29, 0.717) is 5.56 Å². The molecule has 1 amide bonds. The molecule has 0 aromatic heterocycles. The molecule has 3 rings (SSSR count). The third kappa shape index (κ3) is 2.62. The van der Waals surface area contributed by atoms with E-state index < -0.39 is 0 Å². The number of esters is 1. The molecule has 4 heteroatoms. The van der Waals surface area contributed by atoms with Crippen molar-refractivity contribution < 1.29 is 14.3 Å². The van der Waals surface area contributed by atoms with Gasteiger partial charge in [-0.15, -0.1) is 0 Å². The van der Waals surface area contributed by atoms with Crippen LogP contribution in [0.15, 0.2) is 18.2 Å². The molecule has 2 aliphatic rings. The SMILES string of the molecule is COC(=O)c1ccc2c(c1)[C@H](N(C)C(=O)C1CCCC1)CC2. The molecule has 0 bridgehead atoms. The van der Waals surface area contributed by atoms with Gasteiger partial charge >= 0.3 is 5.97 Å². The highest BCUT2D eigenvalue weighted by atomic mass is 16.5. The third-order valence-corrected chi connectivity index (χ3v) is 5.13. The minimum absolute atomic E-state index is 0.0905. The lowest BCUT2D eigenvalue weighted by atomic mass is 10.0. The summed E-state index contributed by atoms with van der Waals surface area (Å²) in [5, 5.41) is 0. The summed E-state index contributed by atoms with van der Waals surface area (Å²) < 4.78 is 4.80. The van der Waals surface area contributed by atoms with Crippen molar-refractivity contribution in [3.05, 3.63) is 34.9 Å². The zero-order valence-electron chi connectivity index (χ0n) is 13.3. The lowest BCUT2D eigenvalue weighted by Gasteiger charge is -2.28. The number of carbonyl (C=O) groups is 2. The van der Waals surface area contributed by atoms with Crippen LogP contribution in [0.2, 0.25) is 0 Å². The quantitative estimate of drug-likeness (QED) is 0.806. The summed E-state index contributed by atoms with van der Waals surface area (Å²) in [6, 6.07) is 5.80. The Labute approximate surface area is 131 Å². The molecule has 2 aliphatic carbocycles. The van der Waals surface area contributed by atoms with Crippen LogP contribution in [0.1, 0.15) is 59.6 Å². The molecule has 0 N–H and O–H groups in total. The fourth-order valence-corrected chi connectivity index (χ4v) is 3.84. The molecule has 1 fully saturated rings. The normalized spacial score (nSPS) is 20.7. The minimum atomic E-state index is -0.321. The molecule has 0 saturated heterocycles. The molecule has 1 saturated carbocycles. The molecule has 0 heterocycles. The summed E-state index contributed by atoms with van der Waals surface area (Å²) >= 11 is 0. The summed E-state index contributed by atoms with van der Waals surface area (Å²) in [7, 11) is 3.30. The monoisotopic (exact) mass is 301 g/mol. The maximum atomic E-state index is 12.7. The van der Waals surface area contributed by atoms with E-state index in [1.54, 1.807) is 0 Å². The number of carbonyl (C=O) groups excluding carboxylic acids is 2. The van der Waals surface area contributed by atoms with E-state index in [1.807, 2.05) is 30.1 Å². The van der Waals surface area contributed by atoms with Crippen LogP contribution >= 0.6 is 0 Å². The van der Waals surface area contributed by atoms with Gasteiger partial charge in [0.25, 0.3) is 0 Å². The number of aryl methyl sites for hydroxylation is 1. The fraction of sp³-hybridized carbons (Fsp3) is 0.556. The van der Waals surface area contributed by atoms with Gasteiger partial charge in [-0.2, -0.15) is 0 Å². The number of amides is 1. The summed E-state index contributed by atoms with van der Waals surface area (Å²) in [6.45, 7) is 0. The van der Waals surface area contributed by atoms with Crippen molar-refractivity contribution >= 4 is 11.9 Å². The average molecular weight is 301 g/mol. The molecule has 0 aliphatic heterocycles. The lowest BCUT2D eigenvalue weighted by Crippen LogP contribution is -2.34. The zero-order valence-corrected chi connectivity index (χ0v) is 13.3. The van der Waals surface area contributed by atoms with Crippen LogP contribution in [-0.4, -0.2) is 30.9 Å². The molecule has 0 spiro atoms. The Balaban J connectivity index is 1.83. The largest absolute Gasteiger partial charge is 0.465 e. The predicted octanol–water partition coefficient (Wildman–Crippen LogP) is 3.11. The lowest BCUT2D eigenvalue weighted by molar-refractivity contribution is -0.136. The first kappa shape index (κ1) is 15.1. The van der Waals surface area contributed by atoms with Gasteiger partial charge in [0.15, 0.2) is 0 Å². The van der Waals surface area contributed by atoms with Gasteiger partial charge in [-0.05, 0) is 48.9 Å². The second kappa shape index (κ2) is 6.11. The van der Waals surface area contributed by atoms with Crippen molar-refractivity contribution in [3.63, 3.8) is 0 Å². The number of fused-ring (bicyclic) bond motifs is 1. The van der Waals surface area contributed by atoms with Crippen molar-refractivity contribution in [3.8, 4) is 0 Å². The maximum absolute atomic E-state index is 12.7. The molecular weight excluding hydrogens is 278 g/mol. The highest BCUT2D eigenvalue weighted by molar-refractivity contribution is 5.89. The highest BCUT2D eigenvalue weighted by Gasteiger charge is 2.33. The first-order valence-corrected chi connectivity index (χ1v) is 8.09.